The average Bonchev–Trinajstić information content (AvgIpc) is 2.47. The van der Waals surface area contributed by atoms with Crippen LogP contribution in [-0.4, -0.2) is 23.0 Å². The van der Waals surface area contributed by atoms with E-state index in [1.807, 2.05) is 44.2 Å². The minimum Gasteiger partial charge on any atom is -0.383 e. The smallest absolute Gasteiger partial charge is 0.253 e. The predicted molar refractivity (Wildman–Crippen MR) is 90.2 cm³/mol. The summed E-state index contributed by atoms with van der Waals surface area (Å²) in [6.45, 7) is 3.82. The van der Waals surface area contributed by atoms with Gasteiger partial charge in [-0.1, -0.05) is 24.3 Å². The Kier molecular flexibility index (Phi) is 5.49. The molecule has 0 heterocycles. The molecule has 2 rings (SSSR count). The second-order valence-electron chi connectivity index (χ2n) is 5.50. The number of hydrogen-bond donors (Lipinski definition) is 3. The molecular formula is C18H20N2O3. The lowest BCUT2D eigenvalue weighted by Crippen LogP contribution is -2.31. The molecule has 2 amide bonds. The number of aliphatic hydroxyl groups is 1. The predicted octanol–water partition coefficient (Wildman–Crippen LogP) is 2.63. The molecule has 0 aliphatic heterocycles. The average molecular weight is 312 g/mol. The summed E-state index contributed by atoms with van der Waals surface area (Å²) in [4.78, 5) is 23.8. The first-order chi connectivity index (χ1) is 10.9. The number of aliphatic hydroxyl groups excluding tert-OH is 1. The van der Waals surface area contributed by atoms with Crippen LogP contribution >= 0.6 is 0 Å². The third-order valence-corrected chi connectivity index (χ3v) is 3.27. The maximum Gasteiger partial charge on any atom is 0.253 e. The molecule has 0 aliphatic rings. The van der Waals surface area contributed by atoms with Crippen LogP contribution in [0, 0.1) is 13.8 Å². The van der Waals surface area contributed by atoms with Crippen LogP contribution < -0.4 is 10.6 Å². The summed E-state index contributed by atoms with van der Waals surface area (Å²) in [5.74, 6) is -1.02. The van der Waals surface area contributed by atoms with Crippen molar-refractivity contribution in [3.8, 4) is 0 Å². The summed E-state index contributed by atoms with van der Waals surface area (Å²) >= 11 is 0. The fourth-order valence-electron chi connectivity index (χ4n) is 2.15. The summed E-state index contributed by atoms with van der Waals surface area (Å²) < 4.78 is 0. The molecule has 2 aromatic rings. The number of nitrogens with one attached hydrogen (secondary N) is 2. The van der Waals surface area contributed by atoms with Crippen LogP contribution in [0.25, 0.3) is 0 Å². The van der Waals surface area contributed by atoms with Crippen LogP contribution in [0.1, 0.15) is 17.5 Å². The normalized spacial score (nSPS) is 11.6. The molecule has 0 bridgehead atoms. The molecule has 23 heavy (non-hydrogen) atoms. The molecule has 5 nitrogen and oxygen atoms in total. The highest BCUT2D eigenvalue weighted by atomic mass is 16.3. The SMILES string of the molecule is Cc1cccc(NC(=O)C[C@@H](O)C(=O)Nc2cccc(C)c2)c1. The van der Waals surface area contributed by atoms with Crippen molar-refractivity contribution in [2.24, 2.45) is 0 Å². The lowest BCUT2D eigenvalue weighted by molar-refractivity contribution is -0.128. The number of aryl methyl sites for hydroxylation is 2. The van der Waals surface area contributed by atoms with Crippen molar-refractivity contribution in [1.29, 1.82) is 0 Å². The second kappa shape index (κ2) is 7.56. The maximum absolute atomic E-state index is 11.9. The Balaban J connectivity index is 1.89. The van der Waals surface area contributed by atoms with Crippen LogP contribution in [-0.2, 0) is 9.59 Å². The lowest BCUT2D eigenvalue weighted by atomic mass is 10.2. The Bertz CT molecular complexity index is 713. The van der Waals surface area contributed by atoms with Gasteiger partial charge in [0.1, 0.15) is 6.10 Å². The first-order valence-corrected chi connectivity index (χ1v) is 7.36. The molecule has 0 saturated heterocycles. The number of rotatable bonds is 5. The highest BCUT2D eigenvalue weighted by molar-refractivity contribution is 5.99. The number of benzene rings is 2. The second-order valence-corrected chi connectivity index (χ2v) is 5.50. The molecule has 0 aromatic heterocycles. The quantitative estimate of drug-likeness (QED) is 0.794. The van der Waals surface area contributed by atoms with Gasteiger partial charge in [0, 0.05) is 11.4 Å². The molecule has 2 aromatic carbocycles. The van der Waals surface area contributed by atoms with E-state index >= 15 is 0 Å². The maximum atomic E-state index is 11.9. The first kappa shape index (κ1) is 16.7. The number of hydrogen-bond acceptors (Lipinski definition) is 3. The van der Waals surface area contributed by atoms with E-state index in [-0.39, 0.29) is 6.42 Å². The zero-order chi connectivity index (χ0) is 16.8. The van der Waals surface area contributed by atoms with Crippen molar-refractivity contribution < 1.29 is 14.7 Å². The summed E-state index contributed by atoms with van der Waals surface area (Å²) in [6, 6.07) is 14.5. The highest BCUT2D eigenvalue weighted by Crippen LogP contribution is 2.12. The largest absolute Gasteiger partial charge is 0.383 e. The molecule has 0 radical (unpaired) electrons. The van der Waals surface area contributed by atoms with Gasteiger partial charge in [-0.15, -0.1) is 0 Å². The van der Waals surface area contributed by atoms with Crippen LogP contribution in [0.2, 0.25) is 0 Å². The molecule has 0 unspecified atom stereocenters. The Morgan fingerprint density at radius 3 is 2.00 bits per heavy atom. The van der Waals surface area contributed by atoms with Crippen molar-refractivity contribution >= 4 is 23.2 Å². The van der Waals surface area contributed by atoms with E-state index in [1.165, 1.54) is 0 Å². The van der Waals surface area contributed by atoms with E-state index in [4.69, 9.17) is 0 Å². The zero-order valence-corrected chi connectivity index (χ0v) is 13.2. The van der Waals surface area contributed by atoms with Crippen molar-refractivity contribution in [3.63, 3.8) is 0 Å². The van der Waals surface area contributed by atoms with Crippen LogP contribution in [0.15, 0.2) is 48.5 Å². The zero-order valence-electron chi connectivity index (χ0n) is 13.2. The van der Waals surface area contributed by atoms with E-state index in [1.54, 1.807) is 18.2 Å². The fourth-order valence-corrected chi connectivity index (χ4v) is 2.15. The summed E-state index contributed by atoms with van der Waals surface area (Å²) in [6.07, 6.45) is -1.70. The van der Waals surface area contributed by atoms with E-state index in [0.717, 1.165) is 11.1 Å². The van der Waals surface area contributed by atoms with Crippen LogP contribution in [0.3, 0.4) is 0 Å². The molecule has 3 N–H and O–H groups in total. The molecule has 0 fully saturated rings. The number of carbonyl (C=O) groups excluding carboxylic acids is 2. The van der Waals surface area contributed by atoms with Crippen molar-refractivity contribution in [1.82, 2.24) is 0 Å². The van der Waals surface area contributed by atoms with Crippen LogP contribution in [0.4, 0.5) is 11.4 Å². The van der Waals surface area contributed by atoms with Gasteiger partial charge in [-0.3, -0.25) is 9.59 Å². The van der Waals surface area contributed by atoms with Crippen molar-refractivity contribution in [2.45, 2.75) is 26.4 Å². The summed E-state index contributed by atoms with van der Waals surface area (Å²) in [7, 11) is 0. The lowest BCUT2D eigenvalue weighted by Gasteiger charge is -2.12. The van der Waals surface area contributed by atoms with Gasteiger partial charge in [0.2, 0.25) is 5.91 Å². The molecular weight excluding hydrogens is 292 g/mol. The minimum absolute atomic E-state index is 0.300. The Hall–Kier alpha value is -2.66. The Morgan fingerprint density at radius 2 is 1.48 bits per heavy atom. The van der Waals surface area contributed by atoms with Gasteiger partial charge in [0.15, 0.2) is 0 Å². The molecule has 0 saturated carbocycles. The minimum atomic E-state index is -1.40. The molecule has 120 valence electrons. The third kappa shape index (κ3) is 5.23. The van der Waals surface area contributed by atoms with E-state index in [9.17, 15) is 14.7 Å². The molecule has 0 spiro atoms. The standard InChI is InChI=1S/C18H20N2O3/c1-12-5-3-7-14(9-12)19-17(22)11-16(21)18(23)20-15-8-4-6-13(2)10-15/h3-10,16,21H,11H2,1-2H3,(H,19,22)(H,20,23)/t16-/m1/s1. The Labute approximate surface area is 135 Å². The van der Waals surface area contributed by atoms with Gasteiger partial charge in [0.25, 0.3) is 5.91 Å². The van der Waals surface area contributed by atoms with Crippen molar-refractivity contribution in [3.05, 3.63) is 59.7 Å². The van der Waals surface area contributed by atoms with Gasteiger partial charge < -0.3 is 15.7 Å². The van der Waals surface area contributed by atoms with Gasteiger partial charge in [0.05, 0.1) is 6.42 Å². The highest BCUT2D eigenvalue weighted by Gasteiger charge is 2.19. The van der Waals surface area contributed by atoms with Gasteiger partial charge >= 0.3 is 0 Å². The van der Waals surface area contributed by atoms with E-state index in [2.05, 4.69) is 10.6 Å². The Morgan fingerprint density at radius 1 is 0.957 bits per heavy atom. The summed E-state index contributed by atoms with van der Waals surface area (Å²) in [5.41, 5.74) is 3.24. The molecule has 0 aliphatic carbocycles. The van der Waals surface area contributed by atoms with Crippen molar-refractivity contribution in [2.75, 3.05) is 10.6 Å². The van der Waals surface area contributed by atoms with Gasteiger partial charge in [-0.05, 0) is 49.2 Å². The van der Waals surface area contributed by atoms with Gasteiger partial charge in [-0.25, -0.2) is 0 Å². The third-order valence-electron chi connectivity index (χ3n) is 3.27. The topological polar surface area (TPSA) is 78.4 Å². The molecule has 1 atom stereocenters. The number of amides is 2. The number of anilines is 2. The van der Waals surface area contributed by atoms with Crippen LogP contribution in [0.5, 0.6) is 0 Å². The monoisotopic (exact) mass is 312 g/mol. The van der Waals surface area contributed by atoms with Gasteiger partial charge in [-0.2, -0.15) is 0 Å². The molecule has 5 heteroatoms. The fraction of sp³-hybridized carbons (Fsp3) is 0.222. The number of carbonyl (C=O) groups is 2. The van der Waals surface area contributed by atoms with E-state index in [0.29, 0.717) is 11.4 Å². The summed E-state index contributed by atoms with van der Waals surface area (Å²) in [5, 5.41) is 15.1. The van der Waals surface area contributed by atoms with E-state index < -0.39 is 17.9 Å². The first-order valence-electron chi connectivity index (χ1n) is 7.36.